The number of nitrogens with zero attached hydrogens (tertiary/aromatic N) is 1. The smallest absolute Gasteiger partial charge is 0.0385 e. The van der Waals surface area contributed by atoms with Gasteiger partial charge in [0.05, 0.1) is 0 Å². The highest BCUT2D eigenvalue weighted by Gasteiger charge is 2.05. The van der Waals surface area contributed by atoms with Gasteiger partial charge >= 0.3 is 0 Å². The molecule has 0 aromatic heterocycles. The van der Waals surface area contributed by atoms with Crippen molar-refractivity contribution in [2.75, 3.05) is 34.4 Å². The normalized spacial score (nSPS) is 10.3. The molecule has 4 rings (SSSR count). The Labute approximate surface area is 229 Å². The third-order valence-electron chi connectivity index (χ3n) is 6.33. The van der Waals surface area contributed by atoms with E-state index < -0.39 is 0 Å². The van der Waals surface area contributed by atoms with Crippen LogP contribution in [-0.2, 0) is 0 Å². The lowest BCUT2D eigenvalue weighted by atomic mass is 10.2. The van der Waals surface area contributed by atoms with Gasteiger partial charge in [0.1, 0.15) is 0 Å². The molecule has 0 aliphatic rings. The highest BCUT2D eigenvalue weighted by Crippen LogP contribution is 2.21. The minimum Gasteiger partial charge on any atom is -0.399 e. The van der Waals surface area contributed by atoms with Crippen LogP contribution in [-0.4, -0.2) is 13.1 Å². The minimum absolute atomic E-state index is 0.848. The first-order valence-electron chi connectivity index (χ1n) is 14.0. The van der Waals surface area contributed by atoms with E-state index in [2.05, 4.69) is 90.0 Å². The van der Waals surface area contributed by atoms with Gasteiger partial charge in [-0.05, 0) is 85.6 Å². The van der Waals surface area contributed by atoms with Crippen molar-refractivity contribution in [3.63, 3.8) is 0 Å². The molecule has 0 atom stereocenters. The van der Waals surface area contributed by atoms with E-state index in [4.69, 9.17) is 5.73 Å². The van der Waals surface area contributed by atoms with Crippen molar-refractivity contribution in [3.05, 3.63) is 109 Å². The van der Waals surface area contributed by atoms with Crippen LogP contribution in [0.5, 0.6) is 0 Å². The highest BCUT2D eigenvalue weighted by molar-refractivity contribution is 5.65. The molecular weight excluding hydrogens is 464 g/mol. The van der Waals surface area contributed by atoms with Crippen LogP contribution in [0, 0.1) is 0 Å². The van der Waals surface area contributed by atoms with E-state index in [1.54, 1.807) is 0 Å². The second-order valence-electron chi connectivity index (χ2n) is 9.55. The van der Waals surface area contributed by atoms with Gasteiger partial charge in [-0.3, -0.25) is 0 Å². The van der Waals surface area contributed by atoms with Crippen molar-refractivity contribution in [2.45, 2.75) is 52.4 Å². The van der Waals surface area contributed by atoms with E-state index in [0.29, 0.717) is 0 Å². The molecule has 0 saturated heterocycles. The van der Waals surface area contributed by atoms with Crippen LogP contribution in [0.3, 0.4) is 0 Å². The van der Waals surface area contributed by atoms with Gasteiger partial charge in [0, 0.05) is 47.2 Å². The highest BCUT2D eigenvalue weighted by atomic mass is 15.1. The first-order chi connectivity index (χ1) is 18.7. The first-order valence-corrected chi connectivity index (χ1v) is 14.0. The Kier molecular flexibility index (Phi) is 12.6. The zero-order valence-electron chi connectivity index (χ0n) is 23.1. The molecule has 4 nitrogen and oxygen atoms in total. The Bertz CT molecular complexity index is 1060. The van der Waals surface area contributed by atoms with E-state index in [9.17, 15) is 0 Å². The van der Waals surface area contributed by atoms with Crippen molar-refractivity contribution in [1.29, 1.82) is 0 Å². The van der Waals surface area contributed by atoms with Crippen LogP contribution >= 0.6 is 0 Å². The van der Waals surface area contributed by atoms with Crippen LogP contribution in [0.4, 0.5) is 34.1 Å². The fraction of sp³-hybridized carbons (Fsp3) is 0.294. The molecule has 0 spiro atoms. The van der Waals surface area contributed by atoms with Crippen LogP contribution in [0.2, 0.25) is 0 Å². The summed E-state index contributed by atoms with van der Waals surface area (Å²) in [5, 5.41) is 6.73. The Morgan fingerprint density at radius 3 is 1.29 bits per heavy atom. The molecule has 0 fully saturated rings. The van der Waals surface area contributed by atoms with E-state index in [-0.39, 0.29) is 0 Å². The minimum atomic E-state index is 0.848. The Hall–Kier alpha value is -3.92. The third kappa shape index (κ3) is 10.6. The van der Waals surface area contributed by atoms with Crippen molar-refractivity contribution in [1.82, 2.24) is 0 Å². The number of unbranched alkanes of at least 4 members (excludes halogenated alkanes) is 4. The molecule has 200 valence electrons. The standard InChI is InChI=1S/C18H16N2.C16H28N2/c1-3-7-15(8-4-1)19-17-11-13-18(14-12-17)20-16-9-5-2-6-10-16;1-3-5-7-13-18(14-8-6-4-2)16-11-9-15(17)10-12-16/h1-14,19-20H;9-12H,3-8,13-14,17H2,1-2H3. The molecule has 0 saturated carbocycles. The topological polar surface area (TPSA) is 53.3 Å². The molecule has 4 N–H and O–H groups in total. The average Bonchev–Trinajstić information content (AvgIpc) is 2.95. The number of nitrogens with two attached hydrogens (primary N) is 1. The molecule has 0 heterocycles. The maximum atomic E-state index is 5.75. The number of anilines is 6. The van der Waals surface area contributed by atoms with E-state index >= 15 is 0 Å². The predicted octanol–water partition coefficient (Wildman–Crippen LogP) is 9.63. The molecule has 0 radical (unpaired) electrons. The van der Waals surface area contributed by atoms with Crippen LogP contribution in [0.1, 0.15) is 52.4 Å². The second-order valence-corrected chi connectivity index (χ2v) is 9.55. The lowest BCUT2D eigenvalue weighted by Gasteiger charge is -2.25. The van der Waals surface area contributed by atoms with Crippen LogP contribution in [0.15, 0.2) is 109 Å². The molecule has 0 amide bonds. The number of rotatable bonds is 13. The Morgan fingerprint density at radius 1 is 0.500 bits per heavy atom. The zero-order chi connectivity index (χ0) is 26.8. The number of benzene rings is 4. The van der Waals surface area contributed by atoms with Gasteiger partial charge in [-0.15, -0.1) is 0 Å². The Balaban J connectivity index is 0.000000212. The molecule has 4 heteroatoms. The summed E-state index contributed by atoms with van der Waals surface area (Å²) in [4.78, 5) is 2.50. The SMILES string of the molecule is CCCCCN(CCCCC)c1ccc(N)cc1.c1ccc(Nc2ccc(Nc3ccccc3)cc2)cc1. The van der Waals surface area contributed by atoms with E-state index in [0.717, 1.165) is 28.4 Å². The van der Waals surface area contributed by atoms with Gasteiger partial charge in [-0.1, -0.05) is 75.9 Å². The van der Waals surface area contributed by atoms with Crippen molar-refractivity contribution in [2.24, 2.45) is 0 Å². The van der Waals surface area contributed by atoms with Gasteiger partial charge < -0.3 is 21.3 Å². The van der Waals surface area contributed by atoms with Gasteiger partial charge in [0.2, 0.25) is 0 Å². The summed E-state index contributed by atoms with van der Waals surface area (Å²) in [6.45, 7) is 6.85. The summed E-state index contributed by atoms with van der Waals surface area (Å²) < 4.78 is 0. The Morgan fingerprint density at radius 2 is 0.895 bits per heavy atom. The van der Waals surface area contributed by atoms with E-state index in [1.807, 2.05) is 48.5 Å². The molecule has 4 aromatic carbocycles. The number of hydrogen-bond acceptors (Lipinski definition) is 4. The third-order valence-corrected chi connectivity index (χ3v) is 6.33. The molecule has 0 aliphatic carbocycles. The molecule has 0 aliphatic heterocycles. The molecule has 4 aromatic rings. The van der Waals surface area contributed by atoms with Crippen molar-refractivity contribution in [3.8, 4) is 0 Å². The van der Waals surface area contributed by atoms with Crippen LogP contribution in [0.25, 0.3) is 0 Å². The summed E-state index contributed by atoms with van der Waals surface area (Å²) in [6, 6.07) is 36.9. The summed E-state index contributed by atoms with van der Waals surface area (Å²) >= 11 is 0. The zero-order valence-corrected chi connectivity index (χ0v) is 23.1. The summed E-state index contributed by atoms with van der Waals surface area (Å²) in [7, 11) is 0. The molecule has 0 bridgehead atoms. The quantitative estimate of drug-likeness (QED) is 0.124. The van der Waals surface area contributed by atoms with Crippen LogP contribution < -0.4 is 21.3 Å². The average molecular weight is 509 g/mol. The number of nitrogen functional groups attached to an aromatic ring is 1. The predicted molar refractivity (Wildman–Crippen MR) is 168 cm³/mol. The lowest BCUT2D eigenvalue weighted by molar-refractivity contribution is 0.636. The molecule has 0 unspecified atom stereocenters. The summed E-state index contributed by atoms with van der Waals surface area (Å²) in [6.07, 6.45) is 7.77. The fourth-order valence-electron chi connectivity index (χ4n) is 4.17. The van der Waals surface area contributed by atoms with Gasteiger partial charge in [0.15, 0.2) is 0 Å². The molecular formula is C34H44N4. The monoisotopic (exact) mass is 508 g/mol. The van der Waals surface area contributed by atoms with Crippen molar-refractivity contribution >= 4 is 34.1 Å². The van der Waals surface area contributed by atoms with Gasteiger partial charge in [0.25, 0.3) is 0 Å². The van der Waals surface area contributed by atoms with E-state index in [1.165, 1.54) is 57.3 Å². The largest absolute Gasteiger partial charge is 0.399 e. The van der Waals surface area contributed by atoms with Gasteiger partial charge in [-0.25, -0.2) is 0 Å². The first kappa shape index (κ1) is 28.6. The fourth-order valence-corrected chi connectivity index (χ4v) is 4.17. The van der Waals surface area contributed by atoms with Crippen molar-refractivity contribution < 1.29 is 0 Å². The number of hydrogen-bond donors (Lipinski definition) is 3. The maximum Gasteiger partial charge on any atom is 0.0385 e. The summed E-state index contributed by atoms with van der Waals surface area (Å²) in [5.74, 6) is 0. The maximum absolute atomic E-state index is 5.75. The molecule has 38 heavy (non-hydrogen) atoms. The number of nitrogens with one attached hydrogen (secondary N) is 2. The van der Waals surface area contributed by atoms with Gasteiger partial charge in [-0.2, -0.15) is 0 Å². The summed E-state index contributed by atoms with van der Waals surface area (Å²) in [5.41, 5.74) is 12.3. The lowest BCUT2D eigenvalue weighted by Crippen LogP contribution is -2.25. The number of para-hydroxylation sites is 2. The second kappa shape index (κ2) is 16.8.